The zero-order chi connectivity index (χ0) is 13.0. The van der Waals surface area contributed by atoms with Crippen LogP contribution in [-0.4, -0.2) is 35.3 Å². The lowest BCUT2D eigenvalue weighted by Crippen LogP contribution is -2.33. The zero-order valence-electron chi connectivity index (χ0n) is 10.6. The van der Waals surface area contributed by atoms with Crippen molar-refractivity contribution in [3.63, 3.8) is 0 Å². The second-order valence-corrected chi connectivity index (χ2v) is 4.64. The highest BCUT2D eigenvalue weighted by molar-refractivity contribution is 5.68. The van der Waals surface area contributed by atoms with Gasteiger partial charge in [0, 0.05) is 13.1 Å². The lowest BCUT2D eigenvalue weighted by molar-refractivity contribution is -0.00107. The van der Waals surface area contributed by atoms with Crippen molar-refractivity contribution in [1.82, 2.24) is 4.90 Å². The van der Waals surface area contributed by atoms with Gasteiger partial charge in [0.2, 0.25) is 0 Å². The Balaban J connectivity index is 1.91. The minimum Gasteiger partial charge on any atom is -0.443 e. The third-order valence-corrected chi connectivity index (χ3v) is 3.24. The minimum absolute atomic E-state index is 0.324. The molecule has 4 heteroatoms. The first kappa shape index (κ1) is 12.9. The maximum absolute atomic E-state index is 11.8. The van der Waals surface area contributed by atoms with Gasteiger partial charge in [0.15, 0.2) is 0 Å². The van der Waals surface area contributed by atoms with Gasteiger partial charge in [-0.2, -0.15) is 0 Å². The van der Waals surface area contributed by atoms with Gasteiger partial charge in [0.25, 0.3) is 0 Å². The molecule has 0 spiro atoms. The first-order valence-electron chi connectivity index (χ1n) is 6.37. The number of carbonyl (C=O) groups is 1. The normalized spacial score (nSPS) is 18.4. The molecule has 1 saturated heterocycles. The van der Waals surface area contributed by atoms with E-state index in [1.54, 1.807) is 11.8 Å². The molecule has 1 heterocycles. The van der Waals surface area contributed by atoms with Crippen molar-refractivity contribution in [2.75, 3.05) is 13.1 Å². The molecule has 0 saturated carbocycles. The summed E-state index contributed by atoms with van der Waals surface area (Å²) < 4.78 is 5.29. The van der Waals surface area contributed by atoms with E-state index >= 15 is 0 Å². The van der Waals surface area contributed by atoms with Gasteiger partial charge in [-0.05, 0) is 25.3 Å². The van der Waals surface area contributed by atoms with Crippen molar-refractivity contribution >= 4 is 6.09 Å². The second-order valence-electron chi connectivity index (χ2n) is 4.64. The summed E-state index contributed by atoms with van der Waals surface area (Å²) in [6.07, 6.45) is 0.420. The van der Waals surface area contributed by atoms with E-state index in [9.17, 15) is 9.90 Å². The Labute approximate surface area is 107 Å². The van der Waals surface area contributed by atoms with Crippen molar-refractivity contribution in [3.05, 3.63) is 35.9 Å². The van der Waals surface area contributed by atoms with E-state index in [2.05, 4.69) is 0 Å². The van der Waals surface area contributed by atoms with Crippen molar-refractivity contribution < 1.29 is 14.6 Å². The number of benzene rings is 1. The number of likely N-dealkylation sites (tertiary alicyclic amines) is 1. The summed E-state index contributed by atoms with van der Waals surface area (Å²) in [5, 5.41) is 10.1. The predicted molar refractivity (Wildman–Crippen MR) is 68.2 cm³/mol. The highest BCUT2D eigenvalue weighted by Gasteiger charge is 2.25. The van der Waals surface area contributed by atoms with Crippen LogP contribution in [0.3, 0.4) is 0 Å². The molecule has 0 aromatic heterocycles. The molecule has 1 amide bonds. The fraction of sp³-hybridized carbons (Fsp3) is 0.500. The first-order chi connectivity index (χ1) is 8.68. The molecular formula is C14H19NO3. The van der Waals surface area contributed by atoms with E-state index in [1.807, 2.05) is 30.3 Å². The molecule has 1 N–H and O–H groups in total. The lowest BCUT2D eigenvalue weighted by atomic mass is 10.1. The van der Waals surface area contributed by atoms with Gasteiger partial charge in [-0.25, -0.2) is 4.79 Å². The second kappa shape index (κ2) is 5.87. The minimum atomic E-state index is -0.780. The van der Waals surface area contributed by atoms with Crippen LogP contribution < -0.4 is 0 Å². The van der Waals surface area contributed by atoms with Crippen LogP contribution in [0.25, 0.3) is 0 Å². The Kier molecular flexibility index (Phi) is 4.20. The molecule has 4 nitrogen and oxygen atoms in total. The molecule has 2 atom stereocenters. The summed E-state index contributed by atoms with van der Waals surface area (Å²) in [6.45, 7) is 3.23. The summed E-state index contributed by atoms with van der Waals surface area (Å²) in [7, 11) is 0. The molecule has 1 fully saturated rings. The quantitative estimate of drug-likeness (QED) is 0.894. The molecule has 0 unspecified atom stereocenters. The average Bonchev–Trinajstić information content (AvgIpc) is 2.92. The molecule has 98 valence electrons. The predicted octanol–water partition coefficient (Wildman–Crippen LogP) is 2.34. The Bertz CT molecular complexity index is 387. The van der Waals surface area contributed by atoms with E-state index in [1.165, 1.54) is 0 Å². The largest absolute Gasteiger partial charge is 0.443 e. The summed E-state index contributed by atoms with van der Waals surface area (Å²) in [6, 6.07) is 9.24. The van der Waals surface area contributed by atoms with Gasteiger partial charge in [-0.3, -0.25) is 0 Å². The van der Waals surface area contributed by atoms with Crippen LogP contribution in [0.2, 0.25) is 0 Å². The number of aliphatic hydroxyl groups excluding tert-OH is 1. The zero-order valence-corrected chi connectivity index (χ0v) is 10.6. The van der Waals surface area contributed by atoms with Crippen molar-refractivity contribution in [3.8, 4) is 0 Å². The van der Waals surface area contributed by atoms with Crippen LogP contribution in [-0.2, 0) is 4.74 Å². The molecule has 1 aliphatic rings. The maximum Gasteiger partial charge on any atom is 0.410 e. The van der Waals surface area contributed by atoms with Crippen LogP contribution in [0.15, 0.2) is 30.3 Å². The van der Waals surface area contributed by atoms with E-state index in [-0.39, 0.29) is 6.09 Å². The summed E-state index contributed by atoms with van der Waals surface area (Å²) in [5.41, 5.74) is 0.763. The molecule has 2 rings (SSSR count). The molecule has 1 aliphatic heterocycles. The third kappa shape index (κ3) is 3.01. The number of nitrogens with zero attached hydrogens (tertiary/aromatic N) is 1. The highest BCUT2D eigenvalue weighted by atomic mass is 16.6. The Morgan fingerprint density at radius 1 is 1.28 bits per heavy atom. The van der Waals surface area contributed by atoms with Crippen LogP contribution >= 0.6 is 0 Å². The van der Waals surface area contributed by atoms with E-state index in [4.69, 9.17) is 4.74 Å². The Hall–Kier alpha value is -1.55. The van der Waals surface area contributed by atoms with E-state index in [0.29, 0.717) is 0 Å². The fourth-order valence-electron chi connectivity index (χ4n) is 2.12. The number of amides is 1. The molecule has 1 aromatic rings. The third-order valence-electron chi connectivity index (χ3n) is 3.24. The van der Waals surface area contributed by atoms with Crippen LogP contribution in [0.4, 0.5) is 4.79 Å². The molecule has 18 heavy (non-hydrogen) atoms. The maximum atomic E-state index is 11.8. The Morgan fingerprint density at radius 3 is 2.50 bits per heavy atom. The molecular weight excluding hydrogens is 230 g/mol. The van der Waals surface area contributed by atoms with Crippen molar-refractivity contribution in [2.45, 2.75) is 32.0 Å². The monoisotopic (exact) mass is 249 g/mol. The number of aliphatic hydroxyl groups is 1. The average molecular weight is 249 g/mol. The van der Waals surface area contributed by atoms with E-state index in [0.717, 1.165) is 31.5 Å². The molecule has 0 aliphatic carbocycles. The summed E-state index contributed by atoms with van der Waals surface area (Å²) in [5.74, 6) is 0. The van der Waals surface area contributed by atoms with Crippen LogP contribution in [0, 0.1) is 0 Å². The van der Waals surface area contributed by atoms with Gasteiger partial charge in [0.05, 0.1) is 0 Å². The smallest absolute Gasteiger partial charge is 0.410 e. The molecule has 0 bridgehead atoms. The summed E-state index contributed by atoms with van der Waals surface area (Å²) >= 11 is 0. The topological polar surface area (TPSA) is 49.8 Å². The van der Waals surface area contributed by atoms with Gasteiger partial charge >= 0.3 is 6.09 Å². The van der Waals surface area contributed by atoms with Crippen molar-refractivity contribution in [1.29, 1.82) is 0 Å². The first-order valence-corrected chi connectivity index (χ1v) is 6.37. The van der Waals surface area contributed by atoms with Gasteiger partial charge in [0.1, 0.15) is 12.2 Å². The van der Waals surface area contributed by atoms with Crippen molar-refractivity contribution in [2.24, 2.45) is 0 Å². The number of rotatable bonds is 3. The fourth-order valence-corrected chi connectivity index (χ4v) is 2.12. The number of ether oxygens (including phenoxy) is 1. The number of hydrogen-bond acceptors (Lipinski definition) is 3. The molecule has 1 aromatic carbocycles. The number of hydrogen-bond donors (Lipinski definition) is 1. The number of carbonyl (C=O) groups excluding carboxylic acids is 1. The SMILES string of the molecule is C[C@H](OC(=O)N1CCCC1)[C@@H](O)c1ccccc1. The van der Waals surface area contributed by atoms with Gasteiger partial charge in [-0.15, -0.1) is 0 Å². The van der Waals surface area contributed by atoms with Crippen LogP contribution in [0.5, 0.6) is 0 Å². The van der Waals surface area contributed by atoms with Gasteiger partial charge < -0.3 is 14.7 Å². The van der Waals surface area contributed by atoms with E-state index < -0.39 is 12.2 Å². The summed E-state index contributed by atoms with van der Waals surface area (Å²) in [4.78, 5) is 13.5. The lowest BCUT2D eigenvalue weighted by Gasteiger charge is -2.23. The Morgan fingerprint density at radius 2 is 1.89 bits per heavy atom. The van der Waals surface area contributed by atoms with Gasteiger partial charge in [-0.1, -0.05) is 30.3 Å². The molecule has 0 radical (unpaired) electrons. The standard InChI is InChI=1S/C14H19NO3/c1-11(13(16)12-7-3-2-4-8-12)18-14(17)15-9-5-6-10-15/h2-4,7-8,11,13,16H,5-6,9-10H2,1H3/t11-,13+/m0/s1. The highest BCUT2D eigenvalue weighted by Crippen LogP contribution is 2.20. The van der Waals surface area contributed by atoms with Crippen LogP contribution in [0.1, 0.15) is 31.4 Å².